The van der Waals surface area contributed by atoms with Crippen molar-refractivity contribution >= 4 is 6.09 Å². The minimum absolute atomic E-state index is 0.181. The molecular weight excluding hydrogens is 280 g/mol. The van der Waals surface area contributed by atoms with E-state index in [-0.39, 0.29) is 12.1 Å². The predicted molar refractivity (Wildman–Crippen MR) is 84.3 cm³/mol. The van der Waals surface area contributed by atoms with Crippen molar-refractivity contribution in [2.24, 2.45) is 0 Å². The number of likely N-dealkylation sites (tertiary alicyclic amines) is 1. The molecule has 1 aromatic heterocycles. The molecular formula is C16H26N4O2. The van der Waals surface area contributed by atoms with Crippen LogP contribution in [0.4, 0.5) is 4.79 Å². The van der Waals surface area contributed by atoms with E-state index in [0.29, 0.717) is 0 Å². The summed E-state index contributed by atoms with van der Waals surface area (Å²) in [6, 6.07) is 0.181. The number of nitrogens with zero attached hydrogens (tertiary/aromatic N) is 4. The summed E-state index contributed by atoms with van der Waals surface area (Å²) in [5, 5.41) is 0. The highest BCUT2D eigenvalue weighted by molar-refractivity contribution is 5.68. The van der Waals surface area contributed by atoms with Crippen molar-refractivity contribution in [1.82, 2.24) is 19.8 Å². The third kappa shape index (κ3) is 4.94. The molecule has 1 aliphatic heterocycles. The molecule has 122 valence electrons. The van der Waals surface area contributed by atoms with Gasteiger partial charge in [0.1, 0.15) is 5.60 Å². The number of rotatable bonds is 3. The van der Waals surface area contributed by atoms with Gasteiger partial charge in [-0.05, 0) is 40.2 Å². The van der Waals surface area contributed by atoms with Crippen molar-refractivity contribution in [3.8, 4) is 0 Å². The molecule has 0 saturated carbocycles. The van der Waals surface area contributed by atoms with E-state index in [1.165, 1.54) is 0 Å². The van der Waals surface area contributed by atoms with Crippen LogP contribution in [0.3, 0.4) is 0 Å². The van der Waals surface area contributed by atoms with Gasteiger partial charge in [-0.2, -0.15) is 0 Å². The quantitative estimate of drug-likeness (QED) is 0.857. The molecule has 2 rings (SSSR count). The zero-order valence-corrected chi connectivity index (χ0v) is 14.0. The van der Waals surface area contributed by atoms with Gasteiger partial charge >= 0.3 is 6.09 Å². The van der Waals surface area contributed by atoms with Gasteiger partial charge in [-0.1, -0.05) is 0 Å². The Labute approximate surface area is 132 Å². The maximum Gasteiger partial charge on any atom is 0.410 e. The summed E-state index contributed by atoms with van der Waals surface area (Å²) in [6.45, 7) is 8.30. The van der Waals surface area contributed by atoms with E-state index in [0.717, 1.165) is 38.2 Å². The van der Waals surface area contributed by atoms with Gasteiger partial charge in [-0.25, -0.2) is 4.79 Å². The molecule has 0 spiro atoms. The van der Waals surface area contributed by atoms with Crippen molar-refractivity contribution in [2.45, 2.75) is 51.8 Å². The Balaban J connectivity index is 1.91. The molecule has 6 nitrogen and oxygen atoms in total. The van der Waals surface area contributed by atoms with E-state index in [2.05, 4.69) is 14.9 Å². The largest absolute Gasteiger partial charge is 0.444 e. The first-order valence-corrected chi connectivity index (χ1v) is 7.78. The molecule has 1 atom stereocenters. The van der Waals surface area contributed by atoms with E-state index in [1.54, 1.807) is 23.5 Å². The Morgan fingerprint density at radius 3 is 2.86 bits per heavy atom. The van der Waals surface area contributed by atoms with Gasteiger partial charge in [-0.15, -0.1) is 0 Å². The molecule has 1 saturated heterocycles. The summed E-state index contributed by atoms with van der Waals surface area (Å²) in [5.74, 6) is 0. The monoisotopic (exact) mass is 306 g/mol. The predicted octanol–water partition coefficient (Wildman–Crippen LogP) is 2.31. The van der Waals surface area contributed by atoms with Crippen molar-refractivity contribution in [3.63, 3.8) is 0 Å². The molecule has 0 N–H and O–H groups in total. The second-order valence-corrected chi connectivity index (χ2v) is 6.82. The lowest BCUT2D eigenvalue weighted by Gasteiger charge is -2.37. The third-order valence-corrected chi connectivity index (χ3v) is 3.71. The van der Waals surface area contributed by atoms with Crippen LogP contribution in [0.1, 0.15) is 39.3 Å². The summed E-state index contributed by atoms with van der Waals surface area (Å²) in [4.78, 5) is 24.7. The van der Waals surface area contributed by atoms with Gasteiger partial charge in [0.05, 0.1) is 5.69 Å². The fourth-order valence-electron chi connectivity index (χ4n) is 2.61. The average molecular weight is 306 g/mol. The lowest BCUT2D eigenvalue weighted by molar-refractivity contribution is 0.0129. The van der Waals surface area contributed by atoms with E-state index < -0.39 is 5.60 Å². The standard InChI is InChI=1S/C16H26N4O2/c1-16(2,3)22-15(21)19(4)14-6-5-9-20(12-14)11-13-10-17-7-8-18-13/h7-8,10,14H,5-6,9,11-12H2,1-4H3/t14-/m0/s1. The van der Waals surface area contributed by atoms with Gasteiger partial charge in [0.2, 0.25) is 0 Å². The SMILES string of the molecule is CN(C(=O)OC(C)(C)C)[C@H]1CCCN(Cc2cnccn2)C1. The average Bonchev–Trinajstić information content (AvgIpc) is 2.46. The zero-order valence-electron chi connectivity index (χ0n) is 14.0. The number of piperidine rings is 1. The topological polar surface area (TPSA) is 58.6 Å². The Morgan fingerprint density at radius 2 is 2.23 bits per heavy atom. The van der Waals surface area contributed by atoms with Crippen LogP contribution in [0.25, 0.3) is 0 Å². The number of amides is 1. The Bertz CT molecular complexity index is 487. The van der Waals surface area contributed by atoms with Crippen molar-refractivity contribution in [1.29, 1.82) is 0 Å². The van der Waals surface area contributed by atoms with Crippen molar-refractivity contribution in [3.05, 3.63) is 24.3 Å². The van der Waals surface area contributed by atoms with Gasteiger partial charge in [-0.3, -0.25) is 14.9 Å². The second-order valence-electron chi connectivity index (χ2n) is 6.82. The highest BCUT2D eigenvalue weighted by Crippen LogP contribution is 2.18. The maximum absolute atomic E-state index is 12.2. The van der Waals surface area contributed by atoms with Gasteiger partial charge < -0.3 is 9.64 Å². The summed E-state index contributed by atoms with van der Waals surface area (Å²) < 4.78 is 5.45. The fourth-order valence-corrected chi connectivity index (χ4v) is 2.61. The maximum atomic E-state index is 12.2. The van der Waals surface area contributed by atoms with Crippen LogP contribution in [0, 0.1) is 0 Å². The number of ether oxygens (including phenoxy) is 1. The Morgan fingerprint density at radius 1 is 1.45 bits per heavy atom. The number of aromatic nitrogens is 2. The number of likely N-dealkylation sites (N-methyl/N-ethyl adjacent to an activating group) is 1. The molecule has 0 radical (unpaired) electrons. The molecule has 0 aliphatic carbocycles. The van der Waals surface area contributed by atoms with E-state index in [4.69, 9.17) is 4.74 Å². The highest BCUT2D eigenvalue weighted by atomic mass is 16.6. The molecule has 1 aliphatic rings. The molecule has 2 heterocycles. The second kappa shape index (κ2) is 7.05. The van der Waals surface area contributed by atoms with Crippen LogP contribution >= 0.6 is 0 Å². The lowest BCUT2D eigenvalue weighted by Crippen LogP contribution is -2.49. The molecule has 1 aromatic rings. The number of carbonyl (C=O) groups excluding carboxylic acids is 1. The van der Waals surface area contributed by atoms with Gasteiger partial charge in [0, 0.05) is 44.8 Å². The smallest absolute Gasteiger partial charge is 0.410 e. The lowest BCUT2D eigenvalue weighted by atomic mass is 10.0. The van der Waals surface area contributed by atoms with Crippen molar-refractivity contribution < 1.29 is 9.53 Å². The first kappa shape index (κ1) is 16.7. The molecule has 6 heteroatoms. The molecule has 0 aromatic carbocycles. The third-order valence-electron chi connectivity index (χ3n) is 3.71. The van der Waals surface area contributed by atoms with Crippen LogP contribution in [0.15, 0.2) is 18.6 Å². The molecule has 0 bridgehead atoms. The zero-order chi connectivity index (χ0) is 16.2. The summed E-state index contributed by atoms with van der Waals surface area (Å²) >= 11 is 0. The summed E-state index contributed by atoms with van der Waals surface area (Å²) in [7, 11) is 1.82. The first-order chi connectivity index (χ1) is 10.3. The van der Waals surface area contributed by atoms with E-state index in [1.807, 2.05) is 27.8 Å². The molecule has 1 fully saturated rings. The Hall–Kier alpha value is -1.69. The molecule has 22 heavy (non-hydrogen) atoms. The fraction of sp³-hybridized carbons (Fsp3) is 0.688. The summed E-state index contributed by atoms with van der Waals surface area (Å²) in [6.07, 6.45) is 7.01. The van der Waals surface area contributed by atoms with E-state index in [9.17, 15) is 4.79 Å². The minimum Gasteiger partial charge on any atom is -0.444 e. The molecule has 1 amide bonds. The summed E-state index contributed by atoms with van der Waals surface area (Å²) in [5.41, 5.74) is 0.502. The van der Waals surface area contributed by atoms with Gasteiger partial charge in [0.15, 0.2) is 0 Å². The highest BCUT2D eigenvalue weighted by Gasteiger charge is 2.29. The molecule has 0 unspecified atom stereocenters. The van der Waals surface area contributed by atoms with Crippen molar-refractivity contribution in [2.75, 3.05) is 20.1 Å². The van der Waals surface area contributed by atoms with E-state index >= 15 is 0 Å². The minimum atomic E-state index is -0.459. The number of hydrogen-bond donors (Lipinski definition) is 0. The van der Waals surface area contributed by atoms with Crippen LogP contribution in [0.5, 0.6) is 0 Å². The number of hydrogen-bond acceptors (Lipinski definition) is 5. The van der Waals surface area contributed by atoms with Crippen LogP contribution in [-0.4, -0.2) is 57.6 Å². The van der Waals surface area contributed by atoms with Crippen LogP contribution in [-0.2, 0) is 11.3 Å². The van der Waals surface area contributed by atoms with Crippen LogP contribution < -0.4 is 0 Å². The normalized spacial score (nSPS) is 19.7. The first-order valence-electron chi connectivity index (χ1n) is 7.78. The number of carbonyl (C=O) groups is 1. The Kier molecular flexibility index (Phi) is 5.34. The van der Waals surface area contributed by atoms with Gasteiger partial charge in [0.25, 0.3) is 0 Å². The van der Waals surface area contributed by atoms with Crippen LogP contribution in [0.2, 0.25) is 0 Å².